The average molecular weight is 332 g/mol. The quantitative estimate of drug-likeness (QED) is 0.910. The zero-order valence-electron chi connectivity index (χ0n) is 14.8. The molecule has 24 heavy (non-hydrogen) atoms. The Labute approximate surface area is 144 Å². The highest BCUT2D eigenvalue weighted by atomic mass is 19.1. The number of hydrogen-bond acceptors (Lipinski definition) is 2. The van der Waals surface area contributed by atoms with Gasteiger partial charge in [0.15, 0.2) is 0 Å². The van der Waals surface area contributed by atoms with Gasteiger partial charge in [0, 0.05) is 13.0 Å². The highest BCUT2D eigenvalue weighted by Gasteiger charge is 2.35. The van der Waals surface area contributed by atoms with Crippen molar-refractivity contribution in [3.05, 3.63) is 35.6 Å². The van der Waals surface area contributed by atoms with Gasteiger partial charge >= 0.3 is 0 Å². The number of nitrogens with one attached hydrogen (secondary N) is 1. The maximum atomic E-state index is 13.6. The Morgan fingerprint density at radius 2 is 2.29 bits per heavy atom. The fraction of sp³-hybridized carbons (Fsp3) is 0.650. The van der Waals surface area contributed by atoms with Gasteiger partial charge in [-0.3, -0.25) is 4.79 Å². The van der Waals surface area contributed by atoms with Gasteiger partial charge in [0.2, 0.25) is 5.91 Å². The van der Waals surface area contributed by atoms with Crippen LogP contribution in [0.1, 0.15) is 51.1 Å². The van der Waals surface area contributed by atoms with Crippen LogP contribution in [0.15, 0.2) is 24.3 Å². The summed E-state index contributed by atoms with van der Waals surface area (Å²) in [5.41, 5.74) is 0.930. The van der Waals surface area contributed by atoms with Crippen molar-refractivity contribution in [2.24, 2.45) is 17.8 Å². The third-order valence-corrected chi connectivity index (χ3v) is 5.70. The molecule has 1 amide bonds. The van der Waals surface area contributed by atoms with E-state index in [0.29, 0.717) is 24.2 Å². The second-order valence-electron chi connectivity index (χ2n) is 7.75. The van der Waals surface area contributed by atoms with E-state index in [1.54, 1.807) is 12.1 Å². The van der Waals surface area contributed by atoms with Gasteiger partial charge in [0.25, 0.3) is 0 Å². The summed E-state index contributed by atoms with van der Waals surface area (Å²) in [4.78, 5) is 14.9. The summed E-state index contributed by atoms with van der Waals surface area (Å²) in [6.07, 6.45) is 3.94. The number of benzene rings is 1. The summed E-state index contributed by atoms with van der Waals surface area (Å²) < 4.78 is 13.6. The van der Waals surface area contributed by atoms with E-state index in [2.05, 4.69) is 19.2 Å². The molecule has 0 bridgehead atoms. The first-order valence-electron chi connectivity index (χ1n) is 9.30. The summed E-state index contributed by atoms with van der Waals surface area (Å²) in [5.74, 6) is 1.46. The van der Waals surface area contributed by atoms with Crippen LogP contribution in [0.3, 0.4) is 0 Å². The van der Waals surface area contributed by atoms with E-state index >= 15 is 0 Å². The number of halogens is 1. The highest BCUT2D eigenvalue weighted by Crippen LogP contribution is 2.36. The molecule has 0 aromatic heterocycles. The van der Waals surface area contributed by atoms with E-state index in [0.717, 1.165) is 31.6 Å². The monoisotopic (exact) mass is 332 g/mol. The molecule has 0 aliphatic carbocycles. The lowest BCUT2D eigenvalue weighted by Gasteiger charge is -2.31. The van der Waals surface area contributed by atoms with Crippen molar-refractivity contribution in [3.63, 3.8) is 0 Å². The number of carbonyl (C=O) groups excluding carboxylic acids is 1. The normalized spacial score (nSPS) is 28.8. The smallest absolute Gasteiger partial charge is 0.223 e. The Morgan fingerprint density at radius 3 is 3.00 bits per heavy atom. The van der Waals surface area contributed by atoms with Crippen LogP contribution in [0, 0.1) is 23.6 Å². The number of hydrogen-bond donors (Lipinski definition) is 1. The Kier molecular flexibility index (Phi) is 5.54. The highest BCUT2D eigenvalue weighted by molar-refractivity contribution is 5.77. The Balaban J connectivity index is 1.67. The molecule has 1 aromatic carbocycles. The third-order valence-electron chi connectivity index (χ3n) is 5.70. The fourth-order valence-corrected chi connectivity index (χ4v) is 4.28. The van der Waals surface area contributed by atoms with Crippen molar-refractivity contribution in [1.82, 2.24) is 10.2 Å². The van der Waals surface area contributed by atoms with Crippen LogP contribution in [-0.2, 0) is 4.79 Å². The lowest BCUT2D eigenvalue weighted by Crippen LogP contribution is -2.37. The molecular weight excluding hydrogens is 303 g/mol. The van der Waals surface area contributed by atoms with Crippen LogP contribution >= 0.6 is 0 Å². The minimum atomic E-state index is -0.221. The van der Waals surface area contributed by atoms with E-state index in [-0.39, 0.29) is 17.8 Å². The maximum absolute atomic E-state index is 13.6. The van der Waals surface area contributed by atoms with E-state index < -0.39 is 0 Å². The molecule has 0 radical (unpaired) electrons. The van der Waals surface area contributed by atoms with Crippen LogP contribution in [0.5, 0.6) is 0 Å². The Hall–Kier alpha value is -1.42. The molecule has 4 unspecified atom stereocenters. The van der Waals surface area contributed by atoms with Gasteiger partial charge in [-0.1, -0.05) is 26.0 Å². The lowest BCUT2D eigenvalue weighted by molar-refractivity contribution is -0.133. The van der Waals surface area contributed by atoms with Gasteiger partial charge in [-0.25, -0.2) is 4.39 Å². The standard InChI is InChI=1S/C20H29FN2O/c1-14-9-19(16-5-3-7-18(21)11-16)23(13-14)20(24)10-15(2)17-6-4-8-22-12-17/h3,5,7,11,14-15,17,19,22H,4,6,8-10,12-13H2,1-2H3. The first-order valence-corrected chi connectivity index (χ1v) is 9.30. The molecule has 4 atom stereocenters. The molecule has 2 fully saturated rings. The molecule has 2 heterocycles. The average Bonchev–Trinajstić information content (AvgIpc) is 2.98. The second-order valence-corrected chi connectivity index (χ2v) is 7.75. The van der Waals surface area contributed by atoms with Crippen LogP contribution in [0.25, 0.3) is 0 Å². The van der Waals surface area contributed by atoms with Crippen LogP contribution < -0.4 is 5.32 Å². The molecule has 1 N–H and O–H groups in total. The first-order chi connectivity index (χ1) is 11.5. The van der Waals surface area contributed by atoms with E-state index in [1.807, 2.05) is 11.0 Å². The predicted octanol–water partition coefficient (Wildman–Crippen LogP) is 3.76. The predicted molar refractivity (Wildman–Crippen MR) is 94.0 cm³/mol. The second kappa shape index (κ2) is 7.64. The van der Waals surface area contributed by atoms with Gasteiger partial charge < -0.3 is 10.2 Å². The molecule has 1 aromatic rings. The number of likely N-dealkylation sites (tertiary alicyclic amines) is 1. The van der Waals surface area contributed by atoms with Crippen molar-refractivity contribution in [3.8, 4) is 0 Å². The van der Waals surface area contributed by atoms with E-state index in [1.165, 1.54) is 18.9 Å². The summed E-state index contributed by atoms with van der Waals surface area (Å²) in [5, 5.41) is 3.44. The van der Waals surface area contributed by atoms with Gasteiger partial charge in [-0.2, -0.15) is 0 Å². The number of piperidine rings is 1. The van der Waals surface area contributed by atoms with Gasteiger partial charge in [-0.15, -0.1) is 0 Å². The SMILES string of the molecule is CC1CC(c2cccc(F)c2)N(C(=O)CC(C)C2CCCNC2)C1. The molecule has 2 aliphatic rings. The van der Waals surface area contributed by atoms with Crippen LogP contribution in [0.4, 0.5) is 4.39 Å². The zero-order valence-corrected chi connectivity index (χ0v) is 14.8. The van der Waals surface area contributed by atoms with Crippen molar-refractivity contribution < 1.29 is 9.18 Å². The molecular formula is C20H29FN2O. The molecule has 3 nitrogen and oxygen atoms in total. The molecule has 3 rings (SSSR count). The van der Waals surface area contributed by atoms with E-state index in [4.69, 9.17) is 0 Å². The fourth-order valence-electron chi connectivity index (χ4n) is 4.28. The summed E-state index contributed by atoms with van der Waals surface area (Å²) >= 11 is 0. The van der Waals surface area contributed by atoms with Crippen LogP contribution in [-0.4, -0.2) is 30.4 Å². The van der Waals surface area contributed by atoms with Crippen molar-refractivity contribution >= 4 is 5.91 Å². The topological polar surface area (TPSA) is 32.3 Å². The summed E-state index contributed by atoms with van der Waals surface area (Å²) in [6.45, 7) is 7.29. The summed E-state index contributed by atoms with van der Waals surface area (Å²) in [7, 11) is 0. The van der Waals surface area contributed by atoms with E-state index in [9.17, 15) is 9.18 Å². The minimum absolute atomic E-state index is 0.0277. The molecule has 2 aliphatic heterocycles. The largest absolute Gasteiger partial charge is 0.335 e. The van der Waals surface area contributed by atoms with Gasteiger partial charge in [0.1, 0.15) is 5.82 Å². The molecule has 132 valence electrons. The van der Waals surface area contributed by atoms with Crippen molar-refractivity contribution in [2.75, 3.05) is 19.6 Å². The summed E-state index contributed by atoms with van der Waals surface area (Å²) in [6, 6.07) is 6.76. The van der Waals surface area contributed by atoms with Gasteiger partial charge in [0.05, 0.1) is 6.04 Å². The first kappa shape index (κ1) is 17.4. The van der Waals surface area contributed by atoms with Crippen molar-refractivity contribution in [2.45, 2.75) is 45.6 Å². The number of carbonyl (C=O) groups is 1. The molecule has 4 heteroatoms. The van der Waals surface area contributed by atoms with Gasteiger partial charge in [-0.05, 0) is 67.8 Å². The Bertz CT molecular complexity index is 571. The number of amides is 1. The molecule has 2 saturated heterocycles. The van der Waals surface area contributed by atoms with Crippen LogP contribution in [0.2, 0.25) is 0 Å². The number of rotatable bonds is 4. The maximum Gasteiger partial charge on any atom is 0.223 e. The third kappa shape index (κ3) is 3.97. The zero-order chi connectivity index (χ0) is 17.1. The number of nitrogens with zero attached hydrogens (tertiary/aromatic N) is 1. The minimum Gasteiger partial charge on any atom is -0.335 e. The molecule has 0 saturated carbocycles. The lowest BCUT2D eigenvalue weighted by atomic mass is 9.85. The Morgan fingerprint density at radius 1 is 1.46 bits per heavy atom. The van der Waals surface area contributed by atoms with Crippen molar-refractivity contribution in [1.29, 1.82) is 0 Å². The molecule has 0 spiro atoms.